The molecule has 20 nitrogen and oxygen atoms in total. The Morgan fingerprint density at radius 1 is 0.571 bits per heavy atom. The van der Waals surface area contributed by atoms with Crippen LogP contribution in [-0.4, -0.2) is 77.1 Å². The molecule has 1 aliphatic heterocycles. The molecule has 0 unspecified atom stereocenters. The fourth-order valence-electron chi connectivity index (χ4n) is 10.8. The van der Waals surface area contributed by atoms with E-state index < -0.39 is 35.3 Å². The number of hydrogen-bond donors (Lipinski definition) is 5. The van der Waals surface area contributed by atoms with Gasteiger partial charge in [0.05, 0.1) is 24.5 Å². The zero-order chi connectivity index (χ0) is 58.9. The Balaban J connectivity index is 0.000000178. The standard InChI is InChI=1S/C34H28F2N6O4.C28H25N5O5/c1-18-22(19(2)43)9-10-24-23(18)11-13-28(24)41-34(46)30-15-29(33(45)37-16-20-8-12-26(35)27(36)14-20)40-31-25(17-38-42(30)31)32(44)39-21-6-4-3-5-7-21;1-15-18(16(2)34)4-5-20-19(15)6-7-21(20)32-28(36)23-12-22(31-26-9-10-30-33(23)26)27(35)29-13-17-3-8-24-25(11-17)38-14-37-24/h3-10,12,14-15,17,28H,11,13,16H2,1-2H3,(H,37,45)(H,39,44)(H,41,46);3-5,8-12,21H,6-7,13-14H2,1-2H3,(H,29,35)(H,32,36)/t28-;21-/m00/s1. The second-order valence-corrected chi connectivity index (χ2v) is 20.4. The molecule has 424 valence electrons. The molecule has 5 N–H and O–H groups in total. The molecule has 5 heterocycles. The SMILES string of the molecule is CC(=O)c1ccc2c(c1C)CC[C@@H]2NC(=O)c1cc(C(=O)NCc2ccc(F)c(F)c2)nc2c(C(=O)Nc3ccccc3)cnn12.CC(=O)c1ccc2c(c1C)CC[C@@H]2NC(=O)c1cc(C(=O)NCc2ccc3c(c2)OCO3)nc2ccnn12. The molecule has 0 radical (unpaired) electrons. The highest BCUT2D eigenvalue weighted by atomic mass is 19.2. The number of aromatic nitrogens is 6. The van der Waals surface area contributed by atoms with Crippen molar-refractivity contribution in [2.45, 2.75) is 78.6 Å². The quantitative estimate of drug-likeness (QED) is 0.0642. The highest BCUT2D eigenvalue weighted by Gasteiger charge is 2.31. The summed E-state index contributed by atoms with van der Waals surface area (Å²) in [6, 6.07) is 28.5. The second kappa shape index (κ2) is 23.2. The van der Waals surface area contributed by atoms with Gasteiger partial charge in [0.2, 0.25) is 6.79 Å². The molecule has 5 aromatic carbocycles. The van der Waals surface area contributed by atoms with Crippen molar-refractivity contribution in [3.05, 3.63) is 217 Å². The van der Waals surface area contributed by atoms with Gasteiger partial charge in [-0.1, -0.05) is 54.6 Å². The third kappa shape index (κ3) is 11.1. The van der Waals surface area contributed by atoms with Gasteiger partial charge in [0.1, 0.15) is 28.3 Å². The molecule has 22 heteroatoms. The fourth-order valence-corrected chi connectivity index (χ4v) is 10.8. The van der Waals surface area contributed by atoms with Gasteiger partial charge in [-0.25, -0.2) is 27.8 Å². The highest BCUT2D eigenvalue weighted by Crippen LogP contribution is 2.37. The summed E-state index contributed by atoms with van der Waals surface area (Å²) in [5.74, 6) is -3.38. The average Bonchev–Trinajstić information content (AvgIpc) is 2.61. The number of ketones is 2. The predicted octanol–water partition coefficient (Wildman–Crippen LogP) is 8.43. The van der Waals surface area contributed by atoms with Gasteiger partial charge in [0.25, 0.3) is 29.5 Å². The number of nitrogens with one attached hydrogen (secondary N) is 5. The second-order valence-electron chi connectivity index (χ2n) is 20.4. The van der Waals surface area contributed by atoms with Crippen molar-refractivity contribution in [1.29, 1.82) is 0 Å². The Morgan fingerprint density at radius 3 is 1.75 bits per heavy atom. The van der Waals surface area contributed by atoms with Crippen LogP contribution in [0.1, 0.15) is 156 Å². The molecule has 0 saturated heterocycles. The number of ether oxygens (including phenoxy) is 2. The molecular weight excluding hydrogens is 1080 g/mol. The van der Waals surface area contributed by atoms with E-state index in [2.05, 4.69) is 46.7 Å². The average molecular weight is 1130 g/mol. The molecular formula is C62H53F2N11O9. The molecule has 5 amide bonds. The van der Waals surface area contributed by atoms with Crippen molar-refractivity contribution in [1.82, 2.24) is 50.5 Å². The minimum Gasteiger partial charge on any atom is -0.454 e. The maximum atomic E-state index is 13.8. The van der Waals surface area contributed by atoms with Crippen LogP contribution < -0.4 is 36.1 Å². The largest absolute Gasteiger partial charge is 0.454 e. The van der Waals surface area contributed by atoms with Gasteiger partial charge in [-0.3, -0.25) is 33.6 Å². The van der Waals surface area contributed by atoms with Gasteiger partial charge < -0.3 is 36.1 Å². The zero-order valence-electron chi connectivity index (χ0n) is 45.8. The third-order valence-electron chi connectivity index (χ3n) is 15.1. The number of nitrogens with zero attached hydrogens (tertiary/aromatic N) is 6. The minimum absolute atomic E-state index is 0.0201. The number of rotatable bonds is 14. The summed E-state index contributed by atoms with van der Waals surface area (Å²) in [6.07, 6.45) is 5.56. The molecule has 84 heavy (non-hydrogen) atoms. The van der Waals surface area contributed by atoms with Gasteiger partial charge in [-0.15, -0.1) is 0 Å². The predicted molar refractivity (Wildman–Crippen MR) is 301 cm³/mol. The summed E-state index contributed by atoms with van der Waals surface area (Å²) in [5, 5.41) is 22.8. The van der Waals surface area contributed by atoms with Crippen molar-refractivity contribution >= 4 is 58.1 Å². The first-order chi connectivity index (χ1) is 40.5. The lowest BCUT2D eigenvalue weighted by Gasteiger charge is -2.16. The van der Waals surface area contributed by atoms with Crippen LogP contribution in [0.15, 0.2) is 122 Å². The van der Waals surface area contributed by atoms with E-state index in [1.165, 1.54) is 46.5 Å². The maximum absolute atomic E-state index is 13.8. The number of hydrogen-bond acceptors (Lipinski definition) is 13. The van der Waals surface area contributed by atoms with Crippen LogP contribution in [0, 0.1) is 25.5 Å². The van der Waals surface area contributed by atoms with E-state index in [1.54, 1.807) is 55.5 Å². The van der Waals surface area contributed by atoms with E-state index >= 15 is 0 Å². The number of para-hydroxylation sites is 1. The van der Waals surface area contributed by atoms with Crippen molar-refractivity contribution in [2.24, 2.45) is 0 Å². The van der Waals surface area contributed by atoms with Crippen LogP contribution in [-0.2, 0) is 25.9 Å². The van der Waals surface area contributed by atoms with Crippen molar-refractivity contribution in [3.63, 3.8) is 0 Å². The fraction of sp³-hybridized carbons (Fsp3) is 0.210. The Labute approximate surface area is 478 Å². The van der Waals surface area contributed by atoms with Gasteiger partial charge >= 0.3 is 0 Å². The number of anilines is 1. The number of fused-ring (bicyclic) bond motifs is 5. The van der Waals surface area contributed by atoms with Crippen molar-refractivity contribution < 1.29 is 51.8 Å². The van der Waals surface area contributed by atoms with Gasteiger partial charge in [0.15, 0.2) is 46.0 Å². The van der Waals surface area contributed by atoms with E-state index in [0.29, 0.717) is 52.4 Å². The molecule has 0 saturated carbocycles. The van der Waals surface area contributed by atoms with Crippen LogP contribution in [0.2, 0.25) is 0 Å². The molecule has 2 atom stereocenters. The van der Waals surface area contributed by atoms with E-state index in [4.69, 9.17) is 9.47 Å². The van der Waals surface area contributed by atoms with Crippen LogP contribution >= 0.6 is 0 Å². The smallest absolute Gasteiger partial charge is 0.270 e. The molecule has 0 bridgehead atoms. The molecule has 2 aliphatic carbocycles. The maximum Gasteiger partial charge on any atom is 0.270 e. The molecule has 12 rings (SSSR count). The summed E-state index contributed by atoms with van der Waals surface area (Å²) in [5.41, 5.74) is 9.33. The van der Waals surface area contributed by atoms with Crippen molar-refractivity contribution in [2.75, 3.05) is 12.1 Å². The molecule has 4 aromatic heterocycles. The van der Waals surface area contributed by atoms with Gasteiger partial charge in [0, 0.05) is 48.1 Å². The van der Waals surface area contributed by atoms with Gasteiger partial charge in [-0.05, 0) is 134 Å². The lowest BCUT2D eigenvalue weighted by Crippen LogP contribution is -2.31. The van der Waals surface area contributed by atoms with E-state index in [1.807, 2.05) is 44.2 Å². The first-order valence-electron chi connectivity index (χ1n) is 26.9. The summed E-state index contributed by atoms with van der Waals surface area (Å²) in [6.45, 7) is 7.20. The van der Waals surface area contributed by atoms with E-state index in [9.17, 15) is 42.3 Å². The number of carbonyl (C=O) groups excluding carboxylic acids is 7. The van der Waals surface area contributed by atoms with E-state index in [0.717, 1.165) is 63.9 Å². The van der Waals surface area contributed by atoms with Crippen LogP contribution in [0.5, 0.6) is 11.5 Å². The monoisotopic (exact) mass is 1130 g/mol. The zero-order valence-corrected chi connectivity index (χ0v) is 45.8. The third-order valence-corrected chi connectivity index (χ3v) is 15.1. The summed E-state index contributed by atoms with van der Waals surface area (Å²) in [4.78, 5) is 99.5. The minimum atomic E-state index is -1.06. The van der Waals surface area contributed by atoms with Crippen LogP contribution in [0.4, 0.5) is 14.5 Å². The van der Waals surface area contributed by atoms with Crippen LogP contribution in [0.3, 0.4) is 0 Å². The van der Waals surface area contributed by atoms with Gasteiger partial charge in [-0.2, -0.15) is 10.2 Å². The normalized spacial score (nSPS) is 14.5. The Morgan fingerprint density at radius 2 is 1.14 bits per heavy atom. The summed E-state index contributed by atoms with van der Waals surface area (Å²) < 4.78 is 40.4. The Hall–Kier alpha value is -10.5. The Kier molecular flexibility index (Phi) is 15.3. The topological polar surface area (TPSA) is 258 Å². The lowest BCUT2D eigenvalue weighted by atomic mass is 9.96. The summed E-state index contributed by atoms with van der Waals surface area (Å²) >= 11 is 0. The number of carbonyl (C=O) groups is 7. The van der Waals surface area contributed by atoms with Crippen LogP contribution in [0.25, 0.3) is 11.3 Å². The first-order valence-corrected chi connectivity index (χ1v) is 26.9. The molecule has 9 aromatic rings. The number of Topliss-reactive ketones (excluding diaryl/α,β-unsaturated/α-hetero) is 2. The van der Waals surface area contributed by atoms with E-state index in [-0.39, 0.29) is 83.4 Å². The lowest BCUT2D eigenvalue weighted by molar-refractivity contribution is 0.0916. The molecule has 0 fully saturated rings. The first kappa shape index (κ1) is 55.4. The Bertz CT molecular complexity index is 4200. The number of halogens is 2. The highest BCUT2D eigenvalue weighted by molar-refractivity contribution is 6.09. The molecule has 3 aliphatic rings. The number of benzene rings is 5. The van der Waals surface area contributed by atoms with Crippen molar-refractivity contribution in [3.8, 4) is 11.5 Å². The molecule has 0 spiro atoms. The summed E-state index contributed by atoms with van der Waals surface area (Å²) in [7, 11) is 0. The number of amides is 5.